The van der Waals surface area contributed by atoms with Crippen LogP contribution >= 0.6 is 0 Å². The highest BCUT2D eigenvalue weighted by Gasteiger charge is 2.17. The Morgan fingerprint density at radius 1 is 1.72 bits per heavy atom. The molecule has 0 aliphatic rings. The van der Waals surface area contributed by atoms with Crippen LogP contribution in [0, 0.1) is 17.2 Å². The van der Waals surface area contributed by atoms with Crippen LogP contribution in [-0.2, 0) is 21.4 Å². The van der Waals surface area contributed by atoms with Crippen molar-refractivity contribution in [3.8, 4) is 6.07 Å². The molecule has 0 saturated heterocycles. The van der Waals surface area contributed by atoms with Crippen LogP contribution in [0.25, 0.3) is 0 Å². The summed E-state index contributed by atoms with van der Waals surface area (Å²) < 4.78 is 26.7. The molecule has 1 rings (SSSR count). The third kappa shape index (κ3) is 3.83. The lowest BCUT2D eigenvalue weighted by atomic mass is 10.2. The van der Waals surface area contributed by atoms with Gasteiger partial charge in [-0.2, -0.15) is 10.4 Å². The summed E-state index contributed by atoms with van der Waals surface area (Å²) in [5.41, 5.74) is 0. The van der Waals surface area contributed by atoms with Crippen molar-refractivity contribution in [1.82, 2.24) is 14.5 Å². The molecule has 1 aromatic heterocycles. The quantitative estimate of drug-likeness (QED) is 0.712. The molecule has 0 amide bonds. The molecule has 0 radical (unpaired) electrons. The number of hydrogen-bond acceptors (Lipinski definition) is 5. The largest absolute Gasteiger partial charge is 0.480 e. The van der Waals surface area contributed by atoms with E-state index in [-0.39, 0.29) is 11.4 Å². The Morgan fingerprint density at radius 3 is 2.94 bits per heavy atom. The van der Waals surface area contributed by atoms with Gasteiger partial charge in [-0.05, 0) is 6.92 Å². The number of aromatic nitrogens is 2. The minimum Gasteiger partial charge on any atom is -0.480 e. The van der Waals surface area contributed by atoms with Crippen LogP contribution in [-0.4, -0.2) is 35.8 Å². The first-order chi connectivity index (χ1) is 8.35. The van der Waals surface area contributed by atoms with Crippen molar-refractivity contribution in [2.24, 2.45) is 5.92 Å². The summed E-state index contributed by atoms with van der Waals surface area (Å²) in [6.45, 7) is 1.16. The minimum absolute atomic E-state index is 0.0110. The van der Waals surface area contributed by atoms with Gasteiger partial charge < -0.3 is 5.11 Å². The molecule has 1 atom stereocenters. The van der Waals surface area contributed by atoms with Gasteiger partial charge in [0.15, 0.2) is 0 Å². The Bertz CT molecular complexity index is 572. The molecule has 0 aliphatic heterocycles. The smallest absolute Gasteiger partial charge is 0.325 e. The lowest BCUT2D eigenvalue weighted by Crippen LogP contribution is -2.27. The molecule has 0 saturated carbocycles. The number of nitriles is 1. The van der Waals surface area contributed by atoms with Crippen molar-refractivity contribution in [2.45, 2.75) is 18.4 Å². The van der Waals surface area contributed by atoms with Gasteiger partial charge in [-0.3, -0.25) is 9.48 Å². The molecular weight excluding hydrogens is 260 g/mol. The molecule has 0 aliphatic carbocycles. The summed E-state index contributed by atoms with van der Waals surface area (Å²) >= 11 is 0. The molecule has 9 heteroatoms. The normalized spacial score (nSPS) is 12.9. The molecule has 1 unspecified atom stereocenters. The van der Waals surface area contributed by atoms with Gasteiger partial charge in [0.05, 0.1) is 18.2 Å². The van der Waals surface area contributed by atoms with Crippen molar-refractivity contribution in [2.75, 3.05) is 6.54 Å². The second kappa shape index (κ2) is 5.61. The first-order valence-corrected chi connectivity index (χ1v) is 6.47. The average molecular weight is 272 g/mol. The molecule has 0 fully saturated rings. The third-order valence-electron chi connectivity index (χ3n) is 2.02. The SMILES string of the molecule is CC(C#N)CNS(=O)(=O)c1cnn(CC(=O)O)c1. The standard InChI is InChI=1S/C9H12N4O4S/c1-7(2-10)3-12-18(16,17)8-4-11-13(5-8)6-9(14)15/h4-5,7,12H,3,6H2,1H3,(H,14,15). The van der Waals surface area contributed by atoms with E-state index < -0.39 is 28.5 Å². The van der Waals surface area contributed by atoms with Gasteiger partial charge in [-0.1, -0.05) is 0 Å². The highest BCUT2D eigenvalue weighted by atomic mass is 32.2. The zero-order valence-corrected chi connectivity index (χ0v) is 10.4. The van der Waals surface area contributed by atoms with Gasteiger partial charge in [-0.25, -0.2) is 13.1 Å². The number of sulfonamides is 1. The number of carboxylic acid groups (broad SMARTS) is 1. The average Bonchev–Trinajstić information content (AvgIpc) is 2.74. The minimum atomic E-state index is -3.76. The number of nitrogens with one attached hydrogen (secondary N) is 1. The van der Waals surface area contributed by atoms with Crippen molar-refractivity contribution >= 4 is 16.0 Å². The van der Waals surface area contributed by atoms with E-state index in [4.69, 9.17) is 10.4 Å². The number of rotatable bonds is 6. The monoisotopic (exact) mass is 272 g/mol. The highest BCUT2D eigenvalue weighted by molar-refractivity contribution is 7.89. The number of hydrogen-bond donors (Lipinski definition) is 2. The molecule has 0 aromatic carbocycles. The molecule has 0 spiro atoms. The van der Waals surface area contributed by atoms with Crippen molar-refractivity contribution < 1.29 is 18.3 Å². The van der Waals surface area contributed by atoms with Crippen molar-refractivity contribution in [3.63, 3.8) is 0 Å². The molecule has 1 heterocycles. The van der Waals surface area contributed by atoms with Crippen LogP contribution in [0.1, 0.15) is 6.92 Å². The van der Waals surface area contributed by atoms with E-state index in [1.807, 2.05) is 6.07 Å². The summed E-state index contributed by atoms with van der Waals surface area (Å²) in [4.78, 5) is 10.3. The first kappa shape index (κ1) is 14.1. The Hall–Kier alpha value is -1.92. The predicted octanol–water partition coefficient (Wildman–Crippen LogP) is -0.594. The second-order valence-corrected chi connectivity index (χ2v) is 5.42. The maximum absolute atomic E-state index is 11.7. The summed E-state index contributed by atoms with van der Waals surface area (Å²) in [6.07, 6.45) is 2.18. The fourth-order valence-corrected chi connectivity index (χ4v) is 2.15. The van der Waals surface area contributed by atoms with E-state index in [0.29, 0.717) is 0 Å². The Labute approximate surface area is 104 Å². The Morgan fingerprint density at radius 2 is 2.39 bits per heavy atom. The maximum atomic E-state index is 11.7. The first-order valence-electron chi connectivity index (χ1n) is 4.98. The summed E-state index contributed by atoms with van der Waals surface area (Å²) in [5, 5.41) is 20.7. The molecule has 18 heavy (non-hydrogen) atoms. The fraction of sp³-hybridized carbons (Fsp3) is 0.444. The lowest BCUT2D eigenvalue weighted by molar-refractivity contribution is -0.137. The molecule has 2 N–H and O–H groups in total. The second-order valence-electron chi connectivity index (χ2n) is 3.65. The van der Waals surface area contributed by atoms with Crippen LogP contribution in [0.2, 0.25) is 0 Å². The summed E-state index contributed by atoms with van der Waals surface area (Å²) in [7, 11) is -3.76. The van der Waals surface area contributed by atoms with Crippen LogP contribution in [0.4, 0.5) is 0 Å². The highest BCUT2D eigenvalue weighted by Crippen LogP contribution is 2.07. The van der Waals surface area contributed by atoms with Crippen molar-refractivity contribution in [1.29, 1.82) is 5.26 Å². The number of carboxylic acids is 1. The Balaban J connectivity index is 2.77. The molecule has 98 valence electrons. The number of nitrogens with zero attached hydrogens (tertiary/aromatic N) is 3. The van der Waals surface area contributed by atoms with Crippen LogP contribution in [0.5, 0.6) is 0 Å². The maximum Gasteiger partial charge on any atom is 0.325 e. The topological polar surface area (TPSA) is 125 Å². The van der Waals surface area contributed by atoms with Crippen molar-refractivity contribution in [3.05, 3.63) is 12.4 Å². The van der Waals surface area contributed by atoms with Gasteiger partial charge >= 0.3 is 5.97 Å². The molecule has 1 aromatic rings. The van der Waals surface area contributed by atoms with Crippen LogP contribution in [0.3, 0.4) is 0 Å². The van der Waals surface area contributed by atoms with Gasteiger partial charge in [0.1, 0.15) is 11.4 Å². The summed E-state index contributed by atoms with van der Waals surface area (Å²) in [6, 6.07) is 1.89. The van der Waals surface area contributed by atoms with Crippen LogP contribution in [0.15, 0.2) is 17.3 Å². The van der Waals surface area contributed by atoms with E-state index in [0.717, 1.165) is 17.1 Å². The number of aliphatic carboxylic acids is 1. The molecule has 8 nitrogen and oxygen atoms in total. The predicted molar refractivity (Wildman–Crippen MR) is 59.8 cm³/mol. The van der Waals surface area contributed by atoms with Crippen LogP contribution < -0.4 is 4.72 Å². The van der Waals surface area contributed by atoms with Gasteiger partial charge in [-0.15, -0.1) is 0 Å². The molecule has 0 bridgehead atoms. The Kier molecular flexibility index (Phi) is 4.41. The fourth-order valence-electron chi connectivity index (χ4n) is 1.07. The van der Waals surface area contributed by atoms with Gasteiger partial charge in [0.25, 0.3) is 0 Å². The molecular formula is C9H12N4O4S. The zero-order valence-electron chi connectivity index (χ0n) is 9.57. The number of carbonyl (C=O) groups is 1. The van der Waals surface area contributed by atoms with Gasteiger partial charge in [0.2, 0.25) is 10.0 Å². The van der Waals surface area contributed by atoms with E-state index in [2.05, 4.69) is 9.82 Å². The van der Waals surface area contributed by atoms with E-state index in [1.165, 1.54) is 0 Å². The zero-order chi connectivity index (χ0) is 13.8. The van der Waals surface area contributed by atoms with E-state index >= 15 is 0 Å². The van der Waals surface area contributed by atoms with Gasteiger partial charge in [0, 0.05) is 12.7 Å². The van der Waals surface area contributed by atoms with E-state index in [1.54, 1.807) is 6.92 Å². The summed E-state index contributed by atoms with van der Waals surface area (Å²) in [5.74, 6) is -1.57. The third-order valence-corrected chi connectivity index (χ3v) is 3.40. The van der Waals surface area contributed by atoms with E-state index in [9.17, 15) is 13.2 Å². The lowest BCUT2D eigenvalue weighted by Gasteiger charge is -2.04.